The third kappa shape index (κ3) is 3.62. The van der Waals surface area contributed by atoms with Gasteiger partial charge in [-0.15, -0.1) is 0 Å². The Labute approximate surface area is 115 Å². The van der Waals surface area contributed by atoms with Crippen LogP contribution in [0.3, 0.4) is 0 Å². The third-order valence-electron chi connectivity index (χ3n) is 3.24. The van der Waals surface area contributed by atoms with Crippen molar-refractivity contribution in [2.45, 2.75) is 20.0 Å². The maximum absolute atomic E-state index is 8.72. The van der Waals surface area contributed by atoms with Crippen LogP contribution in [0.1, 0.15) is 13.8 Å². The van der Waals surface area contributed by atoms with Crippen LogP contribution in [0.15, 0.2) is 24.3 Å². The van der Waals surface area contributed by atoms with Crippen LogP contribution in [0.4, 0.5) is 5.69 Å². The molecule has 0 radical (unpaired) electrons. The Morgan fingerprint density at radius 1 is 1.21 bits per heavy atom. The number of para-hydroxylation sites is 2. The number of benzene rings is 1. The molecule has 0 amide bonds. The lowest BCUT2D eigenvalue weighted by atomic mass is 10.2. The summed E-state index contributed by atoms with van der Waals surface area (Å²) in [5.41, 5.74) is 1.16. The highest BCUT2D eigenvalue weighted by Gasteiger charge is 2.19. The van der Waals surface area contributed by atoms with Gasteiger partial charge < -0.3 is 9.64 Å². The summed E-state index contributed by atoms with van der Waals surface area (Å²) in [4.78, 5) is 4.52. The van der Waals surface area contributed by atoms with Crippen molar-refractivity contribution < 1.29 is 4.74 Å². The molecule has 102 valence electrons. The van der Waals surface area contributed by atoms with E-state index in [0.717, 1.165) is 37.6 Å². The van der Waals surface area contributed by atoms with Gasteiger partial charge in [-0.05, 0) is 26.0 Å². The predicted octanol–water partition coefficient (Wildman–Crippen LogP) is 2.12. The zero-order valence-electron chi connectivity index (χ0n) is 11.7. The lowest BCUT2D eigenvalue weighted by Gasteiger charge is -2.35. The van der Waals surface area contributed by atoms with Crippen molar-refractivity contribution in [1.82, 2.24) is 4.90 Å². The first-order valence-corrected chi connectivity index (χ1v) is 6.80. The number of nitrogens with zero attached hydrogens (tertiary/aromatic N) is 3. The summed E-state index contributed by atoms with van der Waals surface area (Å²) in [6.07, 6.45) is 0.182. The molecule has 0 spiro atoms. The predicted molar refractivity (Wildman–Crippen MR) is 76.5 cm³/mol. The Hall–Kier alpha value is -1.73. The second-order valence-corrected chi connectivity index (χ2v) is 5.06. The molecule has 1 aromatic carbocycles. The monoisotopic (exact) mass is 259 g/mol. The molecule has 1 heterocycles. The highest BCUT2D eigenvalue weighted by atomic mass is 16.5. The molecule has 0 atom stereocenters. The Morgan fingerprint density at radius 3 is 2.53 bits per heavy atom. The van der Waals surface area contributed by atoms with E-state index in [4.69, 9.17) is 10.00 Å². The average molecular weight is 259 g/mol. The second-order valence-electron chi connectivity index (χ2n) is 5.06. The van der Waals surface area contributed by atoms with Gasteiger partial charge in [0, 0.05) is 26.2 Å². The van der Waals surface area contributed by atoms with Crippen LogP contribution in [0.2, 0.25) is 0 Å². The molecule has 4 heteroatoms. The Morgan fingerprint density at radius 2 is 1.89 bits per heavy atom. The van der Waals surface area contributed by atoms with E-state index in [0.29, 0.717) is 6.54 Å². The molecule has 0 aliphatic carbocycles. The normalized spacial score (nSPS) is 16.4. The molecule has 0 saturated carbocycles. The quantitative estimate of drug-likeness (QED) is 0.776. The van der Waals surface area contributed by atoms with E-state index in [9.17, 15) is 0 Å². The largest absolute Gasteiger partial charge is 0.489 e. The van der Waals surface area contributed by atoms with Crippen LogP contribution in [-0.2, 0) is 0 Å². The first kappa shape index (κ1) is 13.7. The highest BCUT2D eigenvalue weighted by Crippen LogP contribution is 2.29. The van der Waals surface area contributed by atoms with Crippen LogP contribution in [0.5, 0.6) is 5.75 Å². The minimum atomic E-state index is 0.182. The molecule has 1 aliphatic heterocycles. The number of rotatable bonds is 4. The van der Waals surface area contributed by atoms with Crippen LogP contribution < -0.4 is 9.64 Å². The molecule has 1 aromatic rings. The van der Waals surface area contributed by atoms with E-state index in [-0.39, 0.29) is 6.10 Å². The lowest BCUT2D eigenvalue weighted by Crippen LogP contribution is -2.46. The van der Waals surface area contributed by atoms with Gasteiger partial charge in [0.1, 0.15) is 5.75 Å². The highest BCUT2D eigenvalue weighted by molar-refractivity contribution is 5.58. The van der Waals surface area contributed by atoms with E-state index in [2.05, 4.69) is 21.9 Å². The van der Waals surface area contributed by atoms with Gasteiger partial charge in [-0.2, -0.15) is 5.26 Å². The minimum absolute atomic E-state index is 0.182. The van der Waals surface area contributed by atoms with Crippen molar-refractivity contribution in [2.24, 2.45) is 0 Å². The Kier molecular flexibility index (Phi) is 4.64. The molecule has 2 rings (SSSR count). The molecule has 19 heavy (non-hydrogen) atoms. The summed E-state index contributed by atoms with van der Waals surface area (Å²) in [5.74, 6) is 0.950. The van der Waals surface area contributed by atoms with E-state index in [1.807, 2.05) is 32.0 Å². The summed E-state index contributed by atoms with van der Waals surface area (Å²) in [6, 6.07) is 10.4. The van der Waals surface area contributed by atoms with Gasteiger partial charge in [0.25, 0.3) is 0 Å². The summed E-state index contributed by atoms with van der Waals surface area (Å²) < 4.78 is 5.87. The van der Waals surface area contributed by atoms with Crippen molar-refractivity contribution in [3.05, 3.63) is 24.3 Å². The molecule has 1 aliphatic rings. The molecule has 4 nitrogen and oxygen atoms in total. The molecule has 1 fully saturated rings. The SMILES string of the molecule is CC(C)Oc1ccccc1N1CCN(CC#N)CC1. The molecular formula is C15H21N3O. The topological polar surface area (TPSA) is 39.5 Å². The maximum atomic E-state index is 8.72. The van der Waals surface area contributed by atoms with Gasteiger partial charge in [-0.1, -0.05) is 12.1 Å². The summed E-state index contributed by atoms with van der Waals surface area (Å²) >= 11 is 0. The number of nitriles is 1. The molecule has 0 N–H and O–H groups in total. The van der Waals surface area contributed by atoms with Crippen LogP contribution in [0, 0.1) is 11.3 Å². The van der Waals surface area contributed by atoms with Crippen molar-refractivity contribution in [3.63, 3.8) is 0 Å². The fraction of sp³-hybridized carbons (Fsp3) is 0.533. The van der Waals surface area contributed by atoms with E-state index < -0.39 is 0 Å². The molecule has 0 aromatic heterocycles. The average Bonchev–Trinajstić information content (AvgIpc) is 2.40. The van der Waals surface area contributed by atoms with Crippen LogP contribution in [0.25, 0.3) is 0 Å². The van der Waals surface area contributed by atoms with Crippen LogP contribution >= 0.6 is 0 Å². The van der Waals surface area contributed by atoms with Crippen molar-refractivity contribution >= 4 is 5.69 Å². The van der Waals surface area contributed by atoms with Gasteiger partial charge in [-0.3, -0.25) is 4.90 Å². The Balaban J connectivity index is 2.05. The Bertz CT molecular complexity index is 445. The first-order valence-electron chi connectivity index (χ1n) is 6.80. The van der Waals surface area contributed by atoms with Gasteiger partial charge in [0.05, 0.1) is 24.4 Å². The summed E-state index contributed by atoms with van der Waals surface area (Å²) in [7, 11) is 0. The van der Waals surface area contributed by atoms with Crippen LogP contribution in [-0.4, -0.2) is 43.7 Å². The lowest BCUT2D eigenvalue weighted by molar-refractivity contribution is 0.240. The molecule has 0 bridgehead atoms. The smallest absolute Gasteiger partial charge is 0.142 e. The molecular weight excluding hydrogens is 238 g/mol. The van der Waals surface area contributed by atoms with E-state index in [1.54, 1.807) is 0 Å². The maximum Gasteiger partial charge on any atom is 0.142 e. The zero-order chi connectivity index (χ0) is 13.7. The van der Waals surface area contributed by atoms with Gasteiger partial charge >= 0.3 is 0 Å². The number of piperazine rings is 1. The number of hydrogen-bond donors (Lipinski definition) is 0. The fourth-order valence-electron chi connectivity index (χ4n) is 2.32. The number of anilines is 1. The van der Waals surface area contributed by atoms with Crippen molar-refractivity contribution in [2.75, 3.05) is 37.6 Å². The summed E-state index contributed by atoms with van der Waals surface area (Å²) in [6.45, 7) is 8.37. The number of ether oxygens (including phenoxy) is 1. The van der Waals surface area contributed by atoms with Crippen molar-refractivity contribution in [1.29, 1.82) is 5.26 Å². The van der Waals surface area contributed by atoms with E-state index in [1.165, 1.54) is 0 Å². The second kappa shape index (κ2) is 6.44. The number of hydrogen-bond acceptors (Lipinski definition) is 4. The van der Waals surface area contributed by atoms with E-state index >= 15 is 0 Å². The van der Waals surface area contributed by atoms with Gasteiger partial charge in [0.15, 0.2) is 0 Å². The standard InChI is InChI=1S/C15H21N3O/c1-13(2)19-15-6-4-3-5-14(15)18-11-9-17(8-7-16)10-12-18/h3-6,13H,8-12H2,1-2H3. The minimum Gasteiger partial charge on any atom is -0.489 e. The zero-order valence-corrected chi connectivity index (χ0v) is 11.7. The van der Waals surface area contributed by atoms with Crippen molar-refractivity contribution in [3.8, 4) is 11.8 Å². The third-order valence-corrected chi connectivity index (χ3v) is 3.24. The first-order chi connectivity index (χ1) is 9.20. The van der Waals surface area contributed by atoms with Gasteiger partial charge in [0.2, 0.25) is 0 Å². The molecule has 1 saturated heterocycles. The summed E-state index contributed by atoms with van der Waals surface area (Å²) in [5, 5.41) is 8.72. The van der Waals surface area contributed by atoms with Gasteiger partial charge in [-0.25, -0.2) is 0 Å². The fourth-order valence-corrected chi connectivity index (χ4v) is 2.32. The molecule has 0 unspecified atom stereocenters.